The van der Waals surface area contributed by atoms with Crippen LogP contribution >= 0.6 is 27.5 Å². The van der Waals surface area contributed by atoms with E-state index in [9.17, 15) is 22.7 Å². The van der Waals surface area contributed by atoms with Crippen molar-refractivity contribution >= 4 is 27.5 Å². The summed E-state index contributed by atoms with van der Waals surface area (Å²) in [6.07, 6.45) is -1.94. The summed E-state index contributed by atoms with van der Waals surface area (Å²) >= 11 is 8.72. The van der Waals surface area contributed by atoms with E-state index in [0.717, 1.165) is 12.1 Å². The van der Waals surface area contributed by atoms with Crippen molar-refractivity contribution in [3.05, 3.63) is 68.2 Å². The van der Waals surface area contributed by atoms with Gasteiger partial charge in [-0.15, -0.1) is 0 Å². The number of benzene rings is 2. The second-order valence-electron chi connectivity index (χ2n) is 3.97. The molecular weight excluding hydrogens is 363 g/mol. The lowest BCUT2D eigenvalue weighted by Gasteiger charge is -2.15. The minimum absolute atomic E-state index is 0.0587. The van der Waals surface area contributed by atoms with E-state index in [1.54, 1.807) is 0 Å². The Hall–Kier alpha value is -1.11. The molecule has 2 aromatic carbocycles. The maximum Gasteiger partial charge on any atom is 0.135 e. The van der Waals surface area contributed by atoms with Crippen LogP contribution in [0, 0.1) is 23.3 Å². The van der Waals surface area contributed by atoms with Crippen LogP contribution in [-0.2, 0) is 0 Å². The molecule has 0 radical (unpaired) electrons. The fourth-order valence-corrected chi connectivity index (χ4v) is 2.21. The molecule has 0 fully saturated rings. The summed E-state index contributed by atoms with van der Waals surface area (Å²) in [5.41, 5.74) is -1.26. The Kier molecular flexibility index (Phi) is 4.36. The smallest absolute Gasteiger partial charge is 0.135 e. The van der Waals surface area contributed by atoms with Crippen molar-refractivity contribution in [3.63, 3.8) is 0 Å². The molecule has 2 aromatic rings. The lowest BCUT2D eigenvalue weighted by molar-refractivity contribution is 0.203. The van der Waals surface area contributed by atoms with Gasteiger partial charge in [-0.05, 0) is 28.1 Å². The Morgan fingerprint density at radius 3 is 2.05 bits per heavy atom. The molecule has 0 aliphatic rings. The average Bonchev–Trinajstić information content (AvgIpc) is 2.32. The van der Waals surface area contributed by atoms with Crippen LogP contribution in [0.4, 0.5) is 17.6 Å². The first-order valence-corrected chi connectivity index (χ1v) is 6.45. The van der Waals surface area contributed by atoms with Gasteiger partial charge in [-0.3, -0.25) is 0 Å². The van der Waals surface area contributed by atoms with Crippen molar-refractivity contribution in [1.29, 1.82) is 0 Å². The number of rotatable bonds is 2. The molecule has 1 atom stereocenters. The molecule has 7 heteroatoms. The lowest BCUT2D eigenvalue weighted by Crippen LogP contribution is -2.08. The highest BCUT2D eigenvalue weighted by molar-refractivity contribution is 9.10. The minimum atomic E-state index is -1.94. The standard InChI is InChI=1S/C13H6BrClF4O/c14-7-4-9(17)6(3-8(7)15)13(20)12-10(18)1-5(16)2-11(12)19/h1-4,13,20H. The zero-order valence-electron chi connectivity index (χ0n) is 9.60. The van der Waals surface area contributed by atoms with Crippen LogP contribution in [0.1, 0.15) is 17.2 Å². The SMILES string of the molecule is OC(c1cc(Cl)c(Br)cc1F)c1c(F)cc(F)cc1F. The summed E-state index contributed by atoms with van der Waals surface area (Å²) in [4.78, 5) is 0. The molecule has 106 valence electrons. The van der Waals surface area contributed by atoms with E-state index >= 15 is 0 Å². The van der Waals surface area contributed by atoms with Crippen LogP contribution in [0.3, 0.4) is 0 Å². The van der Waals surface area contributed by atoms with Gasteiger partial charge in [0.25, 0.3) is 0 Å². The molecule has 2 rings (SSSR count). The van der Waals surface area contributed by atoms with E-state index in [2.05, 4.69) is 15.9 Å². The Morgan fingerprint density at radius 1 is 0.950 bits per heavy atom. The molecule has 1 nitrogen and oxygen atoms in total. The molecule has 0 heterocycles. The molecule has 0 bridgehead atoms. The van der Waals surface area contributed by atoms with Crippen LogP contribution in [0.25, 0.3) is 0 Å². The van der Waals surface area contributed by atoms with Gasteiger partial charge in [-0.1, -0.05) is 11.6 Å². The Labute approximate surface area is 124 Å². The van der Waals surface area contributed by atoms with Crippen LogP contribution in [0.15, 0.2) is 28.7 Å². The highest BCUT2D eigenvalue weighted by Gasteiger charge is 2.24. The monoisotopic (exact) mass is 368 g/mol. The molecule has 0 saturated carbocycles. The molecular formula is C13H6BrClF4O. The number of aliphatic hydroxyl groups is 1. The van der Waals surface area contributed by atoms with Crippen LogP contribution in [0.2, 0.25) is 5.02 Å². The van der Waals surface area contributed by atoms with Crippen molar-refractivity contribution in [2.24, 2.45) is 0 Å². The van der Waals surface area contributed by atoms with E-state index in [4.69, 9.17) is 11.6 Å². The highest BCUT2D eigenvalue weighted by Crippen LogP contribution is 2.33. The molecule has 0 saturated heterocycles. The zero-order valence-corrected chi connectivity index (χ0v) is 11.9. The fraction of sp³-hybridized carbons (Fsp3) is 0.0769. The minimum Gasteiger partial charge on any atom is -0.383 e. The largest absolute Gasteiger partial charge is 0.383 e. The van der Waals surface area contributed by atoms with Gasteiger partial charge in [0, 0.05) is 22.2 Å². The van der Waals surface area contributed by atoms with Gasteiger partial charge in [0.05, 0.1) is 10.6 Å². The third-order valence-corrected chi connectivity index (χ3v) is 3.85. The van der Waals surface area contributed by atoms with Gasteiger partial charge in [0.1, 0.15) is 29.4 Å². The maximum absolute atomic E-state index is 13.7. The molecule has 0 aliphatic carbocycles. The second kappa shape index (κ2) is 5.71. The molecule has 0 spiro atoms. The summed E-state index contributed by atoms with van der Waals surface area (Å²) in [6.45, 7) is 0. The van der Waals surface area contributed by atoms with E-state index in [-0.39, 0.29) is 9.50 Å². The van der Waals surface area contributed by atoms with Gasteiger partial charge in [0.2, 0.25) is 0 Å². The van der Waals surface area contributed by atoms with E-state index in [1.165, 1.54) is 0 Å². The quantitative estimate of drug-likeness (QED) is 0.599. The maximum atomic E-state index is 13.7. The predicted molar refractivity (Wildman–Crippen MR) is 69.5 cm³/mol. The van der Waals surface area contributed by atoms with Crippen LogP contribution in [-0.4, -0.2) is 5.11 Å². The summed E-state index contributed by atoms with van der Waals surface area (Å²) in [7, 11) is 0. The molecule has 0 aromatic heterocycles. The van der Waals surface area contributed by atoms with Crippen LogP contribution < -0.4 is 0 Å². The summed E-state index contributed by atoms with van der Waals surface area (Å²) in [6, 6.07) is 2.80. The van der Waals surface area contributed by atoms with Gasteiger partial charge in [0.15, 0.2) is 0 Å². The molecule has 0 amide bonds. The van der Waals surface area contributed by atoms with Gasteiger partial charge < -0.3 is 5.11 Å². The third kappa shape index (κ3) is 2.82. The van der Waals surface area contributed by atoms with Crippen molar-refractivity contribution in [1.82, 2.24) is 0 Å². The summed E-state index contributed by atoms with van der Waals surface area (Å²) in [5, 5.41) is 9.98. The molecule has 1 unspecified atom stereocenters. The Balaban J connectivity index is 2.57. The number of hydrogen-bond acceptors (Lipinski definition) is 1. The van der Waals surface area contributed by atoms with E-state index < -0.39 is 40.5 Å². The first-order chi connectivity index (χ1) is 9.31. The van der Waals surface area contributed by atoms with Crippen molar-refractivity contribution in [2.75, 3.05) is 0 Å². The normalized spacial score (nSPS) is 12.6. The second-order valence-corrected chi connectivity index (χ2v) is 5.24. The highest BCUT2D eigenvalue weighted by atomic mass is 79.9. The number of halogens is 6. The van der Waals surface area contributed by atoms with Crippen molar-refractivity contribution in [3.8, 4) is 0 Å². The predicted octanol–water partition coefficient (Wildman–Crippen LogP) is 4.74. The first-order valence-electron chi connectivity index (χ1n) is 5.28. The Morgan fingerprint density at radius 2 is 1.50 bits per heavy atom. The van der Waals surface area contributed by atoms with Crippen molar-refractivity contribution in [2.45, 2.75) is 6.10 Å². The fourth-order valence-electron chi connectivity index (χ4n) is 1.72. The first kappa shape index (κ1) is 15.3. The Bertz CT molecular complexity index is 655. The molecule has 1 N–H and O–H groups in total. The lowest BCUT2D eigenvalue weighted by atomic mass is 10.00. The van der Waals surface area contributed by atoms with Gasteiger partial charge in [-0.25, -0.2) is 17.6 Å². The topological polar surface area (TPSA) is 20.2 Å². The van der Waals surface area contributed by atoms with E-state index in [0.29, 0.717) is 12.1 Å². The third-order valence-electron chi connectivity index (χ3n) is 2.65. The van der Waals surface area contributed by atoms with Gasteiger partial charge in [-0.2, -0.15) is 0 Å². The molecule has 0 aliphatic heterocycles. The molecule has 20 heavy (non-hydrogen) atoms. The number of hydrogen-bond donors (Lipinski definition) is 1. The zero-order chi connectivity index (χ0) is 15.0. The van der Waals surface area contributed by atoms with E-state index in [1.807, 2.05) is 0 Å². The van der Waals surface area contributed by atoms with Crippen LogP contribution in [0.5, 0.6) is 0 Å². The summed E-state index contributed by atoms with van der Waals surface area (Å²) < 4.78 is 53.9. The number of aliphatic hydroxyl groups excluding tert-OH is 1. The average molecular weight is 370 g/mol. The summed E-state index contributed by atoms with van der Waals surface area (Å²) in [5.74, 6) is -4.66. The van der Waals surface area contributed by atoms with Gasteiger partial charge >= 0.3 is 0 Å². The van der Waals surface area contributed by atoms with Crippen molar-refractivity contribution < 1.29 is 22.7 Å².